The number of hydrogen-bond acceptors (Lipinski definition) is 2. The highest BCUT2D eigenvalue weighted by molar-refractivity contribution is 5.93. The number of anilines is 2. The predicted molar refractivity (Wildman–Crippen MR) is 95.4 cm³/mol. The van der Waals surface area contributed by atoms with Crippen molar-refractivity contribution in [3.05, 3.63) is 84.4 Å². The third kappa shape index (κ3) is 4.41. The second-order valence-corrected chi connectivity index (χ2v) is 5.47. The SMILES string of the molecule is O=C(CNc1ccc(-c2ccccc2)cc1)Nc1ccc(F)cc1F. The highest BCUT2D eigenvalue weighted by Crippen LogP contribution is 2.21. The first-order chi connectivity index (χ1) is 12.1. The second-order valence-electron chi connectivity index (χ2n) is 5.47. The second kappa shape index (κ2) is 7.57. The van der Waals surface area contributed by atoms with Crippen LogP contribution in [0, 0.1) is 11.6 Å². The number of nitrogens with one attached hydrogen (secondary N) is 2. The van der Waals surface area contributed by atoms with Gasteiger partial charge in [-0.15, -0.1) is 0 Å². The standard InChI is InChI=1S/C20H16F2N2O/c21-16-8-11-19(18(22)12-16)24-20(25)13-23-17-9-6-15(7-10-17)14-4-2-1-3-5-14/h1-12,23H,13H2,(H,24,25). The lowest BCUT2D eigenvalue weighted by Crippen LogP contribution is -2.22. The number of halogens is 2. The van der Waals surface area contributed by atoms with Crippen LogP contribution in [0.5, 0.6) is 0 Å². The molecule has 0 heterocycles. The van der Waals surface area contributed by atoms with E-state index in [0.29, 0.717) is 0 Å². The lowest BCUT2D eigenvalue weighted by Gasteiger charge is -2.09. The van der Waals surface area contributed by atoms with Gasteiger partial charge >= 0.3 is 0 Å². The van der Waals surface area contributed by atoms with E-state index in [1.807, 2.05) is 54.6 Å². The number of amides is 1. The summed E-state index contributed by atoms with van der Waals surface area (Å²) in [5.41, 5.74) is 2.91. The first-order valence-electron chi connectivity index (χ1n) is 7.76. The number of rotatable bonds is 5. The molecule has 0 bridgehead atoms. The zero-order valence-electron chi connectivity index (χ0n) is 13.3. The molecular formula is C20H16F2N2O. The molecule has 25 heavy (non-hydrogen) atoms. The van der Waals surface area contributed by atoms with Crippen LogP contribution < -0.4 is 10.6 Å². The van der Waals surface area contributed by atoms with E-state index >= 15 is 0 Å². The van der Waals surface area contributed by atoms with Gasteiger partial charge in [0.05, 0.1) is 12.2 Å². The maximum Gasteiger partial charge on any atom is 0.243 e. The van der Waals surface area contributed by atoms with Crippen LogP contribution in [-0.4, -0.2) is 12.5 Å². The topological polar surface area (TPSA) is 41.1 Å². The monoisotopic (exact) mass is 338 g/mol. The molecule has 1 amide bonds. The number of benzene rings is 3. The maximum atomic E-state index is 13.5. The Kier molecular flexibility index (Phi) is 5.04. The van der Waals surface area contributed by atoms with Crippen molar-refractivity contribution in [2.75, 3.05) is 17.2 Å². The van der Waals surface area contributed by atoms with Gasteiger partial charge in [-0.2, -0.15) is 0 Å². The molecule has 0 fully saturated rings. The molecule has 126 valence electrons. The number of carbonyl (C=O) groups is 1. The fourth-order valence-corrected chi connectivity index (χ4v) is 2.38. The molecule has 0 aliphatic heterocycles. The van der Waals surface area contributed by atoms with Crippen LogP contribution in [0.2, 0.25) is 0 Å². The first-order valence-corrected chi connectivity index (χ1v) is 7.76. The Hall–Kier alpha value is -3.21. The summed E-state index contributed by atoms with van der Waals surface area (Å²) in [6.45, 7) is -0.0263. The van der Waals surface area contributed by atoms with Gasteiger partial charge in [0, 0.05) is 11.8 Å². The zero-order chi connectivity index (χ0) is 17.6. The lowest BCUT2D eigenvalue weighted by atomic mass is 10.1. The summed E-state index contributed by atoms with van der Waals surface area (Å²) in [6, 6.07) is 20.6. The summed E-state index contributed by atoms with van der Waals surface area (Å²) in [5.74, 6) is -1.91. The molecule has 0 spiro atoms. The Labute approximate surface area is 144 Å². The van der Waals surface area contributed by atoms with Crippen molar-refractivity contribution in [1.29, 1.82) is 0 Å². The number of hydrogen-bond donors (Lipinski definition) is 2. The van der Waals surface area contributed by atoms with Crippen LogP contribution in [0.4, 0.5) is 20.2 Å². The Morgan fingerprint density at radius 1 is 0.840 bits per heavy atom. The van der Waals surface area contributed by atoms with Gasteiger partial charge in [0.2, 0.25) is 5.91 Å². The van der Waals surface area contributed by atoms with Crippen LogP contribution in [-0.2, 0) is 4.79 Å². The van der Waals surface area contributed by atoms with Crippen molar-refractivity contribution in [3.8, 4) is 11.1 Å². The van der Waals surface area contributed by atoms with Gasteiger partial charge in [0.1, 0.15) is 11.6 Å². The summed E-state index contributed by atoms with van der Waals surface area (Å²) in [5, 5.41) is 5.37. The van der Waals surface area contributed by atoms with E-state index in [2.05, 4.69) is 10.6 Å². The van der Waals surface area contributed by atoms with Crippen LogP contribution in [0.15, 0.2) is 72.8 Å². The van der Waals surface area contributed by atoms with Crippen LogP contribution >= 0.6 is 0 Å². The Morgan fingerprint density at radius 2 is 1.52 bits per heavy atom. The molecule has 5 heteroatoms. The molecule has 0 atom stereocenters. The van der Waals surface area contributed by atoms with E-state index in [9.17, 15) is 13.6 Å². The Bertz CT molecular complexity index is 865. The lowest BCUT2D eigenvalue weighted by molar-refractivity contribution is -0.114. The van der Waals surface area contributed by atoms with E-state index in [-0.39, 0.29) is 12.2 Å². The molecule has 0 aromatic heterocycles. The summed E-state index contributed by atoms with van der Waals surface area (Å²) in [6.07, 6.45) is 0. The molecule has 0 radical (unpaired) electrons. The zero-order valence-corrected chi connectivity index (χ0v) is 13.3. The molecule has 2 N–H and O–H groups in total. The molecular weight excluding hydrogens is 322 g/mol. The van der Waals surface area contributed by atoms with Gasteiger partial charge in [-0.3, -0.25) is 4.79 Å². The average molecular weight is 338 g/mol. The summed E-state index contributed by atoms with van der Waals surface area (Å²) in [7, 11) is 0. The quantitative estimate of drug-likeness (QED) is 0.709. The van der Waals surface area contributed by atoms with Gasteiger partial charge in [-0.05, 0) is 35.4 Å². The molecule has 0 aliphatic rings. The third-order valence-corrected chi connectivity index (χ3v) is 3.65. The predicted octanol–water partition coefficient (Wildman–Crippen LogP) is 4.68. The van der Waals surface area contributed by atoms with Crippen molar-refractivity contribution >= 4 is 17.3 Å². The van der Waals surface area contributed by atoms with Crippen LogP contribution in [0.3, 0.4) is 0 Å². The van der Waals surface area contributed by atoms with Gasteiger partial charge in [0.25, 0.3) is 0 Å². The Morgan fingerprint density at radius 3 is 2.20 bits per heavy atom. The minimum atomic E-state index is -0.805. The van der Waals surface area contributed by atoms with E-state index < -0.39 is 17.5 Å². The van der Waals surface area contributed by atoms with Crippen LogP contribution in [0.25, 0.3) is 11.1 Å². The van der Waals surface area contributed by atoms with Crippen molar-refractivity contribution in [2.45, 2.75) is 0 Å². The van der Waals surface area contributed by atoms with Crippen molar-refractivity contribution in [1.82, 2.24) is 0 Å². The first kappa shape index (κ1) is 16.6. The minimum Gasteiger partial charge on any atom is -0.376 e. The van der Waals surface area contributed by atoms with Crippen LogP contribution in [0.1, 0.15) is 0 Å². The average Bonchev–Trinajstić information content (AvgIpc) is 2.63. The minimum absolute atomic E-state index is 0.0263. The smallest absolute Gasteiger partial charge is 0.243 e. The number of carbonyl (C=O) groups excluding carboxylic acids is 1. The third-order valence-electron chi connectivity index (χ3n) is 3.65. The molecule has 3 rings (SSSR count). The molecule has 0 aliphatic carbocycles. The maximum absolute atomic E-state index is 13.5. The van der Waals surface area contributed by atoms with E-state index in [0.717, 1.165) is 28.9 Å². The van der Waals surface area contributed by atoms with E-state index in [1.165, 1.54) is 6.07 Å². The van der Waals surface area contributed by atoms with Gasteiger partial charge in [-0.1, -0.05) is 42.5 Å². The van der Waals surface area contributed by atoms with E-state index in [4.69, 9.17) is 0 Å². The molecule has 3 aromatic rings. The highest BCUT2D eigenvalue weighted by atomic mass is 19.1. The summed E-state index contributed by atoms with van der Waals surface area (Å²) >= 11 is 0. The summed E-state index contributed by atoms with van der Waals surface area (Å²) in [4.78, 5) is 11.9. The van der Waals surface area contributed by atoms with Crippen molar-refractivity contribution in [3.63, 3.8) is 0 Å². The Balaban J connectivity index is 1.57. The largest absolute Gasteiger partial charge is 0.376 e. The van der Waals surface area contributed by atoms with Crippen molar-refractivity contribution in [2.24, 2.45) is 0 Å². The fourth-order valence-electron chi connectivity index (χ4n) is 2.38. The highest BCUT2D eigenvalue weighted by Gasteiger charge is 2.08. The molecule has 3 nitrogen and oxygen atoms in total. The fraction of sp³-hybridized carbons (Fsp3) is 0.0500. The van der Waals surface area contributed by atoms with Gasteiger partial charge in [0.15, 0.2) is 0 Å². The molecule has 3 aromatic carbocycles. The normalized spacial score (nSPS) is 10.3. The summed E-state index contributed by atoms with van der Waals surface area (Å²) < 4.78 is 26.3. The van der Waals surface area contributed by atoms with Gasteiger partial charge in [-0.25, -0.2) is 8.78 Å². The molecule has 0 unspecified atom stereocenters. The molecule has 0 saturated heterocycles. The van der Waals surface area contributed by atoms with E-state index in [1.54, 1.807) is 0 Å². The van der Waals surface area contributed by atoms with Gasteiger partial charge < -0.3 is 10.6 Å². The molecule has 0 saturated carbocycles. The van der Waals surface area contributed by atoms with Crippen molar-refractivity contribution < 1.29 is 13.6 Å².